The van der Waals surface area contributed by atoms with E-state index in [4.69, 9.17) is 0 Å². The van der Waals surface area contributed by atoms with Gasteiger partial charge >= 0.3 is 0 Å². The van der Waals surface area contributed by atoms with Gasteiger partial charge in [0, 0.05) is 10.6 Å². The van der Waals surface area contributed by atoms with Gasteiger partial charge in [-0.25, -0.2) is 9.07 Å². The lowest BCUT2D eigenvalue weighted by molar-refractivity contribution is -0.915. The first-order chi connectivity index (χ1) is 12.3. The monoisotopic (exact) mass is 359 g/mol. The fourth-order valence-electron chi connectivity index (χ4n) is 3.16. The van der Waals surface area contributed by atoms with E-state index in [-0.39, 0.29) is 5.82 Å². The van der Waals surface area contributed by atoms with Crippen LogP contribution in [0.3, 0.4) is 0 Å². The molecule has 3 aromatic rings. The average Bonchev–Trinajstić information content (AvgIpc) is 3.30. The lowest BCUT2D eigenvalue weighted by atomic mass is 10.2. The fourth-order valence-corrected chi connectivity index (χ4v) is 3.84. The molecule has 3 heterocycles. The minimum Gasteiger partial charge on any atom is -0.360 e. The highest BCUT2D eigenvalue weighted by atomic mass is 32.1. The van der Waals surface area contributed by atoms with Gasteiger partial charge in [0.1, 0.15) is 12.4 Å². The Morgan fingerprint density at radius 1 is 1.12 bits per heavy atom. The Labute approximate surface area is 149 Å². The highest BCUT2D eigenvalue weighted by molar-refractivity contribution is 7.09. The molecule has 4 rings (SSSR count). The number of quaternary nitrogens is 1. The summed E-state index contributed by atoms with van der Waals surface area (Å²) in [4.78, 5) is 5.03. The first kappa shape index (κ1) is 16.2. The zero-order valence-electron chi connectivity index (χ0n) is 13.8. The topological polar surface area (TPSA) is 51.3 Å². The highest BCUT2D eigenvalue weighted by Gasteiger charge is 2.22. The number of thiophene rings is 1. The number of rotatable bonds is 5. The number of nitrogens with zero attached hydrogens (tertiary/aromatic N) is 5. The molecule has 0 saturated carbocycles. The number of nitrogens with one attached hydrogen (secondary N) is 1. The second kappa shape index (κ2) is 7.28. The molecular formula is C17H20FN6S+. The van der Waals surface area contributed by atoms with Crippen molar-refractivity contribution in [3.63, 3.8) is 0 Å². The number of piperazine rings is 1. The SMILES string of the molecule is Fc1ccc(N2CC[NH+](Cc3nnnn3Cc3cccs3)CC2)cc1. The third-order valence-corrected chi connectivity index (χ3v) is 5.42. The van der Waals surface area contributed by atoms with Crippen LogP contribution in [0.4, 0.5) is 10.1 Å². The van der Waals surface area contributed by atoms with E-state index >= 15 is 0 Å². The van der Waals surface area contributed by atoms with Gasteiger partial charge in [0.15, 0.2) is 0 Å². The van der Waals surface area contributed by atoms with E-state index in [2.05, 4.69) is 31.9 Å². The maximum atomic E-state index is 13.1. The van der Waals surface area contributed by atoms with Crippen molar-refractivity contribution in [2.45, 2.75) is 13.1 Å². The van der Waals surface area contributed by atoms with Gasteiger partial charge in [-0.1, -0.05) is 6.07 Å². The summed E-state index contributed by atoms with van der Waals surface area (Å²) in [6.07, 6.45) is 0. The van der Waals surface area contributed by atoms with Gasteiger partial charge in [0.05, 0.1) is 32.7 Å². The summed E-state index contributed by atoms with van der Waals surface area (Å²) in [5.74, 6) is 0.740. The standard InChI is InChI=1S/C17H19FN6S/c18-14-3-5-15(6-4-14)23-9-7-22(8-10-23)13-17-19-20-21-24(17)12-16-2-1-11-25-16/h1-6,11H,7-10,12-13H2/p+1. The predicted molar refractivity (Wildman–Crippen MR) is 94.3 cm³/mol. The van der Waals surface area contributed by atoms with Crippen LogP contribution in [0.2, 0.25) is 0 Å². The van der Waals surface area contributed by atoms with Gasteiger partial charge in [0.2, 0.25) is 5.82 Å². The third-order valence-electron chi connectivity index (χ3n) is 4.56. The summed E-state index contributed by atoms with van der Waals surface area (Å²) < 4.78 is 15.0. The highest BCUT2D eigenvalue weighted by Crippen LogP contribution is 2.14. The molecule has 0 unspecified atom stereocenters. The lowest BCUT2D eigenvalue weighted by Crippen LogP contribution is -3.13. The molecule has 2 aromatic heterocycles. The molecule has 8 heteroatoms. The molecule has 0 aliphatic carbocycles. The minimum atomic E-state index is -0.189. The van der Waals surface area contributed by atoms with Crippen molar-refractivity contribution < 1.29 is 9.29 Å². The summed E-state index contributed by atoms with van der Waals surface area (Å²) in [7, 11) is 0. The van der Waals surface area contributed by atoms with E-state index in [1.54, 1.807) is 11.3 Å². The van der Waals surface area contributed by atoms with Crippen LogP contribution in [0.5, 0.6) is 0 Å². The molecule has 0 bridgehead atoms. The second-order valence-corrected chi connectivity index (χ2v) is 7.25. The number of benzene rings is 1. The van der Waals surface area contributed by atoms with E-state index < -0.39 is 0 Å². The third kappa shape index (κ3) is 3.85. The van der Waals surface area contributed by atoms with Gasteiger partial charge in [-0.15, -0.1) is 16.4 Å². The smallest absolute Gasteiger partial charge is 0.206 e. The molecule has 1 saturated heterocycles. The largest absolute Gasteiger partial charge is 0.360 e. The molecule has 0 atom stereocenters. The molecule has 0 spiro atoms. The van der Waals surface area contributed by atoms with Crippen LogP contribution in [0.25, 0.3) is 0 Å². The predicted octanol–water partition coefficient (Wildman–Crippen LogP) is 0.827. The Bertz CT molecular complexity index is 793. The van der Waals surface area contributed by atoms with E-state index in [1.165, 1.54) is 21.9 Å². The van der Waals surface area contributed by atoms with Crippen molar-refractivity contribution in [2.24, 2.45) is 0 Å². The molecule has 1 fully saturated rings. The van der Waals surface area contributed by atoms with Crippen molar-refractivity contribution in [3.8, 4) is 0 Å². The van der Waals surface area contributed by atoms with Crippen molar-refractivity contribution >= 4 is 17.0 Å². The van der Waals surface area contributed by atoms with Gasteiger partial charge in [-0.3, -0.25) is 0 Å². The summed E-state index contributed by atoms with van der Waals surface area (Å²) in [6.45, 7) is 5.50. The average molecular weight is 359 g/mol. The van der Waals surface area contributed by atoms with Crippen LogP contribution < -0.4 is 9.80 Å². The molecular weight excluding hydrogens is 339 g/mol. The van der Waals surface area contributed by atoms with Gasteiger partial charge in [0.25, 0.3) is 0 Å². The summed E-state index contributed by atoms with van der Waals surface area (Å²) in [5.41, 5.74) is 1.09. The van der Waals surface area contributed by atoms with Crippen molar-refractivity contribution in [2.75, 3.05) is 31.1 Å². The zero-order valence-corrected chi connectivity index (χ0v) is 14.6. The van der Waals surface area contributed by atoms with Crippen molar-refractivity contribution in [1.82, 2.24) is 20.2 Å². The van der Waals surface area contributed by atoms with Crippen LogP contribution in [0, 0.1) is 5.82 Å². The molecule has 0 amide bonds. The lowest BCUT2D eigenvalue weighted by Gasteiger charge is -2.33. The number of hydrogen-bond donors (Lipinski definition) is 1. The van der Waals surface area contributed by atoms with Crippen LogP contribution in [-0.4, -0.2) is 46.4 Å². The summed E-state index contributed by atoms with van der Waals surface area (Å²) >= 11 is 1.72. The first-order valence-electron chi connectivity index (χ1n) is 8.39. The Morgan fingerprint density at radius 2 is 1.92 bits per heavy atom. The molecule has 1 aliphatic rings. The molecule has 0 radical (unpaired) electrons. The number of hydrogen-bond acceptors (Lipinski definition) is 5. The Kier molecular flexibility index (Phi) is 4.71. The van der Waals surface area contributed by atoms with E-state index in [1.807, 2.05) is 22.9 Å². The van der Waals surface area contributed by atoms with Gasteiger partial charge in [-0.05, 0) is 46.1 Å². The van der Waals surface area contributed by atoms with E-state index in [0.717, 1.165) is 50.8 Å². The van der Waals surface area contributed by atoms with Gasteiger partial charge in [-0.2, -0.15) is 0 Å². The molecule has 6 nitrogen and oxygen atoms in total. The van der Waals surface area contributed by atoms with Crippen LogP contribution in [0.15, 0.2) is 41.8 Å². The zero-order chi connectivity index (χ0) is 17.1. The molecule has 25 heavy (non-hydrogen) atoms. The maximum absolute atomic E-state index is 13.1. The second-order valence-electron chi connectivity index (χ2n) is 6.22. The number of aromatic nitrogens is 4. The maximum Gasteiger partial charge on any atom is 0.206 e. The van der Waals surface area contributed by atoms with E-state index in [9.17, 15) is 4.39 Å². The molecule has 1 aliphatic heterocycles. The quantitative estimate of drug-likeness (QED) is 0.733. The Hall–Kier alpha value is -2.32. The van der Waals surface area contributed by atoms with Crippen LogP contribution >= 0.6 is 11.3 Å². The van der Waals surface area contributed by atoms with Crippen molar-refractivity contribution in [3.05, 3.63) is 58.3 Å². The number of halogens is 1. The minimum absolute atomic E-state index is 0.189. The summed E-state index contributed by atoms with van der Waals surface area (Å²) in [6, 6.07) is 10.9. The van der Waals surface area contributed by atoms with Crippen LogP contribution in [-0.2, 0) is 13.1 Å². The fraction of sp³-hybridized carbons (Fsp3) is 0.353. The normalized spacial score (nSPS) is 15.6. The number of anilines is 1. The van der Waals surface area contributed by atoms with Gasteiger partial charge < -0.3 is 9.80 Å². The molecule has 1 aromatic carbocycles. The Balaban J connectivity index is 1.34. The number of tetrazole rings is 1. The van der Waals surface area contributed by atoms with Crippen molar-refractivity contribution in [1.29, 1.82) is 0 Å². The van der Waals surface area contributed by atoms with Crippen LogP contribution in [0.1, 0.15) is 10.7 Å². The molecule has 130 valence electrons. The first-order valence-corrected chi connectivity index (χ1v) is 9.27. The molecule has 1 N–H and O–H groups in total. The van der Waals surface area contributed by atoms with E-state index in [0.29, 0.717) is 0 Å². The Morgan fingerprint density at radius 3 is 2.64 bits per heavy atom. The summed E-state index contributed by atoms with van der Waals surface area (Å²) in [5, 5.41) is 14.3.